The number of halogens is 3. The smallest absolute Gasteiger partial charge is 0.350 e. The largest absolute Gasteiger partial charge is 0.416 e. The van der Waals surface area contributed by atoms with Gasteiger partial charge in [0, 0.05) is 9.77 Å². The Kier molecular flexibility index (Phi) is 4.99. The monoisotopic (exact) mass is 348 g/mol. The highest BCUT2D eigenvalue weighted by Gasteiger charge is 2.30. The van der Waals surface area contributed by atoms with Crippen LogP contribution in [0.5, 0.6) is 0 Å². The lowest BCUT2D eigenvalue weighted by Crippen LogP contribution is -2.31. The molecule has 118 valence electrons. The van der Waals surface area contributed by atoms with E-state index in [0.717, 1.165) is 16.3 Å². The Hall–Kier alpha value is -1.71. The van der Waals surface area contributed by atoms with Crippen LogP contribution in [0.15, 0.2) is 45.5 Å². The first-order valence-electron chi connectivity index (χ1n) is 5.95. The van der Waals surface area contributed by atoms with E-state index in [0.29, 0.717) is 14.8 Å². The fraction of sp³-hybridized carbons (Fsp3) is 0.154. The fourth-order valence-corrected chi connectivity index (χ4v) is 3.77. The van der Waals surface area contributed by atoms with Crippen molar-refractivity contribution in [2.45, 2.75) is 21.8 Å². The molecule has 4 nitrogen and oxygen atoms in total. The normalized spacial score (nSPS) is 11.5. The van der Waals surface area contributed by atoms with Crippen LogP contribution >= 0.6 is 23.1 Å². The maximum Gasteiger partial charge on any atom is 0.416 e. The van der Waals surface area contributed by atoms with Crippen molar-refractivity contribution in [3.63, 3.8) is 0 Å². The molecule has 3 N–H and O–H groups in total. The second-order valence-corrected chi connectivity index (χ2v) is 6.79. The Morgan fingerprint density at radius 2 is 2.05 bits per heavy atom. The molecule has 0 unspecified atom stereocenters. The van der Waals surface area contributed by atoms with E-state index >= 15 is 0 Å². The minimum Gasteiger partial charge on any atom is -0.350 e. The summed E-state index contributed by atoms with van der Waals surface area (Å²) in [6, 6.07) is 7.43. The van der Waals surface area contributed by atoms with Gasteiger partial charge in [-0.2, -0.15) is 13.2 Å². The number of carbonyl (C=O) groups excluding carboxylic acids is 1. The molecule has 0 aliphatic rings. The second kappa shape index (κ2) is 6.59. The van der Waals surface area contributed by atoms with Crippen LogP contribution in [-0.4, -0.2) is 16.3 Å². The lowest BCUT2D eigenvalue weighted by Gasteiger charge is -2.09. The molecule has 0 radical (unpaired) electrons. The molecule has 0 bridgehead atoms. The molecule has 9 heteroatoms. The summed E-state index contributed by atoms with van der Waals surface area (Å²) in [7, 11) is 0. The number of benzene rings is 1. The van der Waals surface area contributed by atoms with Crippen LogP contribution in [0.2, 0.25) is 0 Å². The van der Waals surface area contributed by atoms with Crippen molar-refractivity contribution in [2.75, 3.05) is 0 Å². The number of hydroxylamine groups is 2. The Morgan fingerprint density at radius 1 is 1.32 bits per heavy atom. The molecule has 1 aromatic carbocycles. The predicted octanol–water partition coefficient (Wildman–Crippen LogP) is 4.19. The Labute approximate surface area is 132 Å². The SMILES string of the molecule is NC(=O)N(O)Cc1ccc(Sc2cccc(C(F)(F)F)c2)s1. The standard InChI is InChI=1S/C13H11F3N2O2S2/c14-13(15,16)8-2-1-3-9(6-8)21-11-5-4-10(22-11)7-18(20)12(17)19/h1-6,20H,7H2,(H2,17,19). The van der Waals surface area contributed by atoms with Crippen molar-refractivity contribution in [1.82, 2.24) is 5.06 Å². The molecule has 0 aliphatic heterocycles. The molecular formula is C13H11F3N2O2S2. The summed E-state index contributed by atoms with van der Waals surface area (Å²) in [6.07, 6.45) is -4.38. The zero-order chi connectivity index (χ0) is 16.3. The minimum atomic E-state index is -4.38. The van der Waals surface area contributed by atoms with Gasteiger partial charge in [0.2, 0.25) is 0 Å². The number of hydrogen-bond acceptors (Lipinski definition) is 4. The highest BCUT2D eigenvalue weighted by Crippen LogP contribution is 2.37. The summed E-state index contributed by atoms with van der Waals surface area (Å²) in [5.41, 5.74) is 4.20. The fourth-order valence-electron chi connectivity index (χ4n) is 1.58. The summed E-state index contributed by atoms with van der Waals surface area (Å²) in [4.78, 5) is 11.8. The van der Waals surface area contributed by atoms with Gasteiger partial charge < -0.3 is 5.73 Å². The van der Waals surface area contributed by atoms with Crippen molar-refractivity contribution < 1.29 is 23.2 Å². The maximum atomic E-state index is 12.6. The van der Waals surface area contributed by atoms with Crippen LogP contribution in [0.1, 0.15) is 10.4 Å². The summed E-state index contributed by atoms with van der Waals surface area (Å²) >= 11 is 2.44. The highest BCUT2D eigenvalue weighted by atomic mass is 32.2. The molecule has 0 saturated carbocycles. The molecule has 2 rings (SSSR count). The zero-order valence-corrected chi connectivity index (χ0v) is 12.6. The molecule has 0 spiro atoms. The predicted molar refractivity (Wildman–Crippen MR) is 76.8 cm³/mol. The Balaban J connectivity index is 2.09. The Morgan fingerprint density at radius 3 is 2.68 bits per heavy atom. The quantitative estimate of drug-likeness (QED) is 0.643. The number of thiophene rings is 1. The molecule has 0 atom stereocenters. The van der Waals surface area contributed by atoms with Crippen LogP contribution in [-0.2, 0) is 12.7 Å². The van der Waals surface area contributed by atoms with Crippen molar-refractivity contribution in [3.8, 4) is 0 Å². The van der Waals surface area contributed by atoms with E-state index in [9.17, 15) is 23.2 Å². The Bertz CT molecular complexity index is 673. The van der Waals surface area contributed by atoms with Gasteiger partial charge in [-0.05, 0) is 30.3 Å². The van der Waals surface area contributed by atoms with Gasteiger partial charge in [-0.15, -0.1) is 11.3 Å². The first-order valence-corrected chi connectivity index (χ1v) is 7.58. The van der Waals surface area contributed by atoms with E-state index < -0.39 is 17.8 Å². The van der Waals surface area contributed by atoms with Gasteiger partial charge in [0.1, 0.15) is 0 Å². The van der Waals surface area contributed by atoms with Crippen LogP contribution in [0.25, 0.3) is 0 Å². The second-order valence-electron chi connectivity index (χ2n) is 4.24. The van der Waals surface area contributed by atoms with Crippen molar-refractivity contribution >= 4 is 29.1 Å². The number of primary amides is 1. The first kappa shape index (κ1) is 16.7. The molecule has 1 heterocycles. The average Bonchev–Trinajstić information content (AvgIpc) is 2.85. The molecule has 0 fully saturated rings. The van der Waals surface area contributed by atoms with Crippen molar-refractivity contribution in [3.05, 3.63) is 46.8 Å². The maximum absolute atomic E-state index is 12.6. The molecule has 2 amide bonds. The molecule has 22 heavy (non-hydrogen) atoms. The summed E-state index contributed by atoms with van der Waals surface area (Å²) in [6.45, 7) is -0.0663. The number of nitrogens with two attached hydrogens (primary N) is 1. The van der Waals surface area contributed by atoms with Gasteiger partial charge in [0.05, 0.1) is 16.3 Å². The highest BCUT2D eigenvalue weighted by molar-refractivity contribution is 8.01. The van der Waals surface area contributed by atoms with Gasteiger partial charge in [0.15, 0.2) is 0 Å². The number of urea groups is 1. The molecule has 0 aliphatic carbocycles. The van der Waals surface area contributed by atoms with Gasteiger partial charge in [-0.1, -0.05) is 17.8 Å². The van der Waals surface area contributed by atoms with E-state index in [1.807, 2.05) is 0 Å². The average molecular weight is 348 g/mol. The third-order valence-corrected chi connectivity index (χ3v) is 4.77. The summed E-state index contributed by atoms with van der Waals surface area (Å²) < 4.78 is 38.7. The zero-order valence-electron chi connectivity index (χ0n) is 11.0. The number of hydrogen-bond donors (Lipinski definition) is 2. The van der Waals surface area contributed by atoms with Crippen molar-refractivity contribution in [1.29, 1.82) is 0 Å². The lowest BCUT2D eigenvalue weighted by molar-refractivity contribution is -0.137. The van der Waals surface area contributed by atoms with E-state index in [1.165, 1.54) is 29.2 Å². The van der Waals surface area contributed by atoms with E-state index in [2.05, 4.69) is 0 Å². The van der Waals surface area contributed by atoms with Crippen LogP contribution in [0, 0.1) is 0 Å². The van der Waals surface area contributed by atoms with Gasteiger partial charge >= 0.3 is 12.2 Å². The van der Waals surface area contributed by atoms with E-state index in [1.54, 1.807) is 18.2 Å². The minimum absolute atomic E-state index is 0.0663. The topological polar surface area (TPSA) is 66.6 Å². The summed E-state index contributed by atoms with van der Waals surface area (Å²) in [5, 5.41) is 9.60. The number of carbonyl (C=O) groups is 1. The van der Waals surface area contributed by atoms with Gasteiger partial charge in [0.25, 0.3) is 0 Å². The molecule has 0 saturated heterocycles. The summed E-state index contributed by atoms with van der Waals surface area (Å²) in [5.74, 6) is 0. The molecule has 1 aromatic heterocycles. The number of amides is 2. The van der Waals surface area contributed by atoms with Crippen LogP contribution in [0.3, 0.4) is 0 Å². The van der Waals surface area contributed by atoms with Gasteiger partial charge in [-0.3, -0.25) is 5.21 Å². The van der Waals surface area contributed by atoms with Crippen LogP contribution < -0.4 is 5.73 Å². The molecular weight excluding hydrogens is 337 g/mol. The molecule has 2 aromatic rings. The number of rotatable bonds is 4. The number of alkyl halides is 3. The van der Waals surface area contributed by atoms with Crippen LogP contribution in [0.4, 0.5) is 18.0 Å². The third-order valence-electron chi connectivity index (χ3n) is 2.58. The van der Waals surface area contributed by atoms with E-state index in [4.69, 9.17) is 5.73 Å². The lowest BCUT2D eigenvalue weighted by atomic mass is 10.2. The first-order chi connectivity index (χ1) is 10.3. The van der Waals surface area contributed by atoms with E-state index in [-0.39, 0.29) is 6.54 Å². The van der Waals surface area contributed by atoms with Gasteiger partial charge in [-0.25, -0.2) is 9.86 Å². The van der Waals surface area contributed by atoms with Crippen molar-refractivity contribution in [2.24, 2.45) is 5.73 Å². The third kappa shape index (κ3) is 4.39. The number of nitrogens with zero attached hydrogens (tertiary/aromatic N) is 1.